The summed E-state index contributed by atoms with van der Waals surface area (Å²) in [7, 11) is 0. The maximum absolute atomic E-state index is 13.8. The van der Waals surface area contributed by atoms with Gasteiger partial charge in [-0.3, -0.25) is 4.79 Å². The monoisotopic (exact) mass is 267 g/mol. The first-order chi connectivity index (χ1) is 8.90. The number of anilines is 1. The summed E-state index contributed by atoms with van der Waals surface area (Å²) in [5.41, 5.74) is 4.38. The van der Waals surface area contributed by atoms with E-state index in [1.165, 1.54) is 4.90 Å². The number of rotatable bonds is 4. The molecule has 102 valence electrons. The molecule has 0 heterocycles. The number of nitrogens with two attached hydrogens (primary N) is 1. The molecule has 0 aliphatic heterocycles. The first-order valence-electron chi connectivity index (χ1n) is 5.81. The molecule has 0 unspecified atom stereocenters. The molecular formula is C13H15F2N3O. The highest BCUT2D eigenvalue weighted by Crippen LogP contribution is 2.21. The van der Waals surface area contributed by atoms with Gasteiger partial charge in [-0.15, -0.1) is 0 Å². The maximum Gasteiger partial charge on any atom is 0.260 e. The van der Waals surface area contributed by atoms with Crippen molar-refractivity contribution in [3.63, 3.8) is 0 Å². The largest absolute Gasteiger partial charge is 0.396 e. The molecule has 0 saturated carbocycles. The Morgan fingerprint density at radius 2 is 2.11 bits per heavy atom. The van der Waals surface area contributed by atoms with Crippen LogP contribution in [0.2, 0.25) is 0 Å². The number of carbonyl (C=O) groups is 1. The zero-order valence-corrected chi connectivity index (χ0v) is 10.8. The minimum absolute atomic E-state index is 0.0927. The third-order valence-electron chi connectivity index (χ3n) is 2.68. The predicted molar refractivity (Wildman–Crippen MR) is 67.2 cm³/mol. The molecule has 0 saturated heterocycles. The fraction of sp³-hybridized carbons (Fsp3) is 0.385. The van der Waals surface area contributed by atoms with E-state index in [0.29, 0.717) is 0 Å². The van der Waals surface area contributed by atoms with Gasteiger partial charge in [0, 0.05) is 12.6 Å². The molecule has 1 amide bonds. The van der Waals surface area contributed by atoms with Gasteiger partial charge < -0.3 is 10.6 Å². The van der Waals surface area contributed by atoms with Crippen molar-refractivity contribution in [3.8, 4) is 6.07 Å². The van der Waals surface area contributed by atoms with Gasteiger partial charge in [-0.25, -0.2) is 8.78 Å². The highest BCUT2D eigenvalue weighted by atomic mass is 19.1. The molecule has 1 aromatic rings. The summed E-state index contributed by atoms with van der Waals surface area (Å²) in [5, 5.41) is 8.55. The molecule has 0 aromatic heterocycles. The topological polar surface area (TPSA) is 70.1 Å². The van der Waals surface area contributed by atoms with Crippen molar-refractivity contribution < 1.29 is 13.6 Å². The Bertz CT molecular complexity index is 523. The number of nitrogen functional groups attached to an aromatic ring is 1. The Morgan fingerprint density at radius 1 is 1.47 bits per heavy atom. The van der Waals surface area contributed by atoms with E-state index >= 15 is 0 Å². The van der Waals surface area contributed by atoms with E-state index < -0.39 is 23.1 Å². The molecule has 1 rings (SSSR count). The van der Waals surface area contributed by atoms with Gasteiger partial charge in [0.2, 0.25) is 0 Å². The molecule has 6 heteroatoms. The van der Waals surface area contributed by atoms with Crippen molar-refractivity contribution in [2.75, 3.05) is 12.3 Å². The SMILES string of the molecule is CC(C)N(CCC#N)C(=O)c1c(F)ccc(N)c1F. The summed E-state index contributed by atoms with van der Waals surface area (Å²) < 4.78 is 27.4. The fourth-order valence-electron chi connectivity index (χ4n) is 1.67. The number of hydrogen-bond donors (Lipinski definition) is 1. The summed E-state index contributed by atoms with van der Waals surface area (Å²) in [5.74, 6) is -2.82. The number of amides is 1. The summed E-state index contributed by atoms with van der Waals surface area (Å²) in [6, 6.07) is 3.64. The van der Waals surface area contributed by atoms with Gasteiger partial charge in [0.05, 0.1) is 18.2 Å². The Balaban J connectivity index is 3.17. The van der Waals surface area contributed by atoms with E-state index in [1.807, 2.05) is 6.07 Å². The van der Waals surface area contributed by atoms with Crippen molar-refractivity contribution in [1.29, 1.82) is 5.26 Å². The predicted octanol–water partition coefficient (Wildman–Crippen LogP) is 2.31. The van der Waals surface area contributed by atoms with E-state index in [9.17, 15) is 13.6 Å². The molecule has 0 fully saturated rings. The van der Waals surface area contributed by atoms with Crippen LogP contribution in [-0.2, 0) is 0 Å². The summed E-state index contributed by atoms with van der Waals surface area (Å²) in [4.78, 5) is 13.4. The number of benzene rings is 1. The number of carbonyl (C=O) groups excluding carboxylic acids is 1. The molecule has 0 aliphatic rings. The van der Waals surface area contributed by atoms with Crippen LogP contribution in [0.15, 0.2) is 12.1 Å². The van der Waals surface area contributed by atoms with E-state index in [2.05, 4.69) is 0 Å². The van der Waals surface area contributed by atoms with E-state index in [1.54, 1.807) is 13.8 Å². The Kier molecular flexibility index (Phi) is 4.81. The van der Waals surface area contributed by atoms with E-state index in [-0.39, 0.29) is 24.7 Å². The molecular weight excluding hydrogens is 252 g/mol. The quantitative estimate of drug-likeness (QED) is 0.851. The number of nitrogens with zero attached hydrogens (tertiary/aromatic N) is 2. The fourth-order valence-corrected chi connectivity index (χ4v) is 1.67. The van der Waals surface area contributed by atoms with Crippen LogP contribution >= 0.6 is 0 Å². The summed E-state index contributed by atoms with van der Waals surface area (Å²) in [6.45, 7) is 3.52. The normalized spacial score (nSPS) is 10.3. The van der Waals surface area contributed by atoms with Crippen LogP contribution in [0.25, 0.3) is 0 Å². The number of halogens is 2. The van der Waals surface area contributed by atoms with Gasteiger partial charge in [-0.05, 0) is 26.0 Å². The lowest BCUT2D eigenvalue weighted by Gasteiger charge is -2.26. The van der Waals surface area contributed by atoms with Crippen LogP contribution in [0, 0.1) is 23.0 Å². The molecule has 2 N–H and O–H groups in total. The van der Waals surface area contributed by atoms with Gasteiger partial charge in [0.25, 0.3) is 5.91 Å². The standard InChI is InChI=1S/C13H15F2N3O/c1-8(2)18(7-3-6-16)13(19)11-9(14)4-5-10(17)12(11)15/h4-5,8H,3,7,17H2,1-2H3. The van der Waals surface area contributed by atoms with Crippen molar-refractivity contribution >= 4 is 11.6 Å². The zero-order valence-electron chi connectivity index (χ0n) is 10.8. The van der Waals surface area contributed by atoms with Crippen molar-refractivity contribution in [2.45, 2.75) is 26.3 Å². The smallest absolute Gasteiger partial charge is 0.260 e. The second kappa shape index (κ2) is 6.14. The number of hydrogen-bond acceptors (Lipinski definition) is 3. The second-order valence-electron chi connectivity index (χ2n) is 4.33. The molecule has 0 atom stereocenters. The average molecular weight is 267 g/mol. The van der Waals surface area contributed by atoms with Crippen LogP contribution in [0.4, 0.5) is 14.5 Å². The Morgan fingerprint density at radius 3 is 2.63 bits per heavy atom. The Labute approximate surface area is 110 Å². The Hall–Kier alpha value is -2.16. The van der Waals surface area contributed by atoms with Crippen molar-refractivity contribution in [3.05, 3.63) is 29.3 Å². The van der Waals surface area contributed by atoms with Gasteiger partial charge >= 0.3 is 0 Å². The third-order valence-corrected chi connectivity index (χ3v) is 2.68. The van der Waals surface area contributed by atoms with E-state index in [0.717, 1.165) is 12.1 Å². The lowest BCUT2D eigenvalue weighted by Crippen LogP contribution is -2.38. The molecule has 19 heavy (non-hydrogen) atoms. The lowest BCUT2D eigenvalue weighted by molar-refractivity contribution is 0.0700. The van der Waals surface area contributed by atoms with Crippen LogP contribution in [0.1, 0.15) is 30.6 Å². The summed E-state index contributed by atoms with van der Waals surface area (Å²) in [6.07, 6.45) is 0.0927. The summed E-state index contributed by atoms with van der Waals surface area (Å²) >= 11 is 0. The second-order valence-corrected chi connectivity index (χ2v) is 4.33. The third kappa shape index (κ3) is 3.19. The van der Waals surface area contributed by atoms with Crippen molar-refractivity contribution in [2.24, 2.45) is 0 Å². The zero-order chi connectivity index (χ0) is 14.6. The maximum atomic E-state index is 13.8. The first-order valence-corrected chi connectivity index (χ1v) is 5.81. The van der Waals surface area contributed by atoms with E-state index in [4.69, 9.17) is 11.0 Å². The minimum Gasteiger partial charge on any atom is -0.396 e. The molecule has 0 aliphatic carbocycles. The van der Waals surface area contributed by atoms with Gasteiger partial charge in [-0.2, -0.15) is 5.26 Å². The molecule has 0 radical (unpaired) electrons. The molecule has 1 aromatic carbocycles. The minimum atomic E-state index is -1.06. The van der Waals surface area contributed by atoms with Crippen LogP contribution < -0.4 is 5.73 Å². The first kappa shape index (κ1) is 14.9. The van der Waals surface area contributed by atoms with Crippen LogP contribution in [0.3, 0.4) is 0 Å². The lowest BCUT2D eigenvalue weighted by atomic mass is 10.1. The van der Waals surface area contributed by atoms with Crippen LogP contribution in [-0.4, -0.2) is 23.4 Å². The molecule has 0 spiro atoms. The van der Waals surface area contributed by atoms with Crippen LogP contribution in [0.5, 0.6) is 0 Å². The van der Waals surface area contributed by atoms with Gasteiger partial charge in [0.15, 0.2) is 5.82 Å². The van der Waals surface area contributed by atoms with Gasteiger partial charge in [-0.1, -0.05) is 0 Å². The van der Waals surface area contributed by atoms with Gasteiger partial charge in [0.1, 0.15) is 11.4 Å². The number of nitriles is 1. The highest BCUT2D eigenvalue weighted by Gasteiger charge is 2.26. The molecule has 0 bridgehead atoms. The highest BCUT2D eigenvalue weighted by molar-refractivity contribution is 5.96. The van der Waals surface area contributed by atoms with Crippen molar-refractivity contribution in [1.82, 2.24) is 4.90 Å². The average Bonchev–Trinajstić information content (AvgIpc) is 2.34. The molecule has 4 nitrogen and oxygen atoms in total.